The first-order chi connectivity index (χ1) is 33.6. The van der Waals surface area contributed by atoms with Crippen molar-refractivity contribution >= 4 is 44.4 Å². The highest BCUT2D eigenvalue weighted by atomic mass is 15.1. The zero-order valence-electron chi connectivity index (χ0n) is 40.4. The molecule has 0 saturated carbocycles. The van der Waals surface area contributed by atoms with Crippen molar-refractivity contribution in [3.05, 3.63) is 246 Å². The summed E-state index contributed by atoms with van der Waals surface area (Å²) < 4.78 is 2.40. The van der Waals surface area contributed by atoms with Gasteiger partial charge in [-0.15, -0.1) is 0 Å². The summed E-state index contributed by atoms with van der Waals surface area (Å²) in [6.07, 6.45) is 7.60. The van der Waals surface area contributed by atoms with Crippen LogP contribution in [-0.2, 0) is 10.8 Å². The minimum absolute atomic E-state index is 0.154. The van der Waals surface area contributed by atoms with E-state index in [-0.39, 0.29) is 10.8 Å². The first kappa shape index (κ1) is 42.4. The third-order valence-corrected chi connectivity index (χ3v) is 15.2. The number of nitrogens with zero attached hydrogens (tertiary/aromatic N) is 2. The molecule has 2 heteroatoms. The second-order valence-electron chi connectivity index (χ2n) is 20.0. The van der Waals surface area contributed by atoms with E-state index in [1.807, 2.05) is 0 Å². The monoisotopic (exact) mass is 888 g/mol. The highest BCUT2D eigenvalue weighted by Crippen LogP contribution is 2.58. The fourth-order valence-electron chi connectivity index (χ4n) is 11.8. The molecule has 0 bridgehead atoms. The average Bonchev–Trinajstić information content (AvgIpc) is 3.93. The number of rotatable bonds is 9. The lowest BCUT2D eigenvalue weighted by Crippen LogP contribution is -2.18. The van der Waals surface area contributed by atoms with Crippen molar-refractivity contribution in [2.75, 3.05) is 4.90 Å². The lowest BCUT2D eigenvalue weighted by atomic mass is 9.77. The smallest absolute Gasteiger partial charge is 0.0547 e. The van der Waals surface area contributed by atoms with Crippen LogP contribution in [0.15, 0.2) is 218 Å². The molecule has 334 valence electrons. The number of para-hydroxylation sites is 2. The third kappa shape index (κ3) is 6.76. The molecule has 0 saturated heterocycles. The molecule has 9 aromatic carbocycles. The maximum atomic E-state index is 2.53. The molecule has 0 N–H and O–H groups in total. The largest absolute Gasteiger partial charge is 0.310 e. The van der Waals surface area contributed by atoms with Gasteiger partial charge in [-0.2, -0.15) is 0 Å². The standard InChI is InChI=1S/C67H56N2/c1-7-8-11-20-44(2)45-31-35-49(36-32-45)68(50-37-33-47(34-38-50)52-26-19-30-63-64(52)56-25-16-17-29-62(56)69(63)48-23-14-10-15-24-48)51-39-40-54-57-42-61-58(43-60(57)66(3,4)59(54)41-51)55-28-18-27-53(65(55)67(61,5)6)46-21-12-9-13-22-46/h8-43H,7H2,1-6H3/b11-8-,44-20+. The van der Waals surface area contributed by atoms with Crippen molar-refractivity contribution in [2.45, 2.75) is 58.8 Å². The van der Waals surface area contributed by atoms with Gasteiger partial charge in [0.2, 0.25) is 0 Å². The van der Waals surface area contributed by atoms with E-state index >= 15 is 0 Å². The molecule has 2 aliphatic rings. The molecule has 0 aliphatic heterocycles. The van der Waals surface area contributed by atoms with E-state index in [1.54, 1.807) is 0 Å². The molecule has 1 heterocycles. The molecule has 69 heavy (non-hydrogen) atoms. The van der Waals surface area contributed by atoms with Crippen molar-refractivity contribution in [1.29, 1.82) is 0 Å². The van der Waals surface area contributed by atoms with Crippen LogP contribution in [0.5, 0.6) is 0 Å². The molecule has 0 amide bonds. The molecule has 1 aromatic heterocycles. The van der Waals surface area contributed by atoms with Crippen LogP contribution >= 0.6 is 0 Å². The molecule has 0 radical (unpaired) electrons. The van der Waals surface area contributed by atoms with Gasteiger partial charge in [0.1, 0.15) is 0 Å². The Morgan fingerprint density at radius 1 is 0.478 bits per heavy atom. The predicted molar refractivity (Wildman–Crippen MR) is 295 cm³/mol. The van der Waals surface area contributed by atoms with Gasteiger partial charge in [0.25, 0.3) is 0 Å². The minimum atomic E-state index is -0.218. The van der Waals surface area contributed by atoms with Gasteiger partial charge in [0.15, 0.2) is 0 Å². The first-order valence-corrected chi connectivity index (χ1v) is 24.6. The minimum Gasteiger partial charge on any atom is -0.310 e. The van der Waals surface area contributed by atoms with E-state index in [0.717, 1.165) is 29.2 Å². The fourth-order valence-corrected chi connectivity index (χ4v) is 11.8. The third-order valence-electron chi connectivity index (χ3n) is 15.2. The summed E-state index contributed by atoms with van der Waals surface area (Å²) in [6, 6.07) is 74.6. The molecule has 2 nitrogen and oxygen atoms in total. The summed E-state index contributed by atoms with van der Waals surface area (Å²) >= 11 is 0. The maximum Gasteiger partial charge on any atom is 0.0547 e. The highest BCUT2D eigenvalue weighted by molar-refractivity contribution is 6.15. The SMILES string of the molecule is CC/C=C\C=C(/C)c1ccc(N(c2ccc(-c3cccc4c3c3ccccc3n4-c3ccccc3)cc2)c2ccc3c(c2)C(C)(C)c2cc4c(cc2-3)C(C)(C)c2c(-c3ccccc3)cccc2-4)cc1. The molecule has 10 aromatic rings. The molecule has 0 atom stereocenters. The van der Waals surface area contributed by atoms with E-state index in [0.29, 0.717) is 0 Å². The summed E-state index contributed by atoms with van der Waals surface area (Å²) in [5.74, 6) is 0. The number of fused-ring (bicyclic) bond motifs is 9. The number of anilines is 3. The van der Waals surface area contributed by atoms with Crippen LogP contribution in [0.25, 0.3) is 77.6 Å². The Labute approximate surface area is 407 Å². The van der Waals surface area contributed by atoms with Gasteiger partial charge in [-0.3, -0.25) is 0 Å². The summed E-state index contributed by atoms with van der Waals surface area (Å²) in [5, 5.41) is 2.52. The van der Waals surface area contributed by atoms with Crippen LogP contribution in [0.3, 0.4) is 0 Å². The highest BCUT2D eigenvalue weighted by Gasteiger charge is 2.43. The van der Waals surface area contributed by atoms with E-state index in [9.17, 15) is 0 Å². The van der Waals surface area contributed by atoms with Crippen molar-refractivity contribution < 1.29 is 0 Å². The van der Waals surface area contributed by atoms with Crippen molar-refractivity contribution in [2.24, 2.45) is 0 Å². The Kier molecular flexibility index (Phi) is 10.1. The van der Waals surface area contributed by atoms with Gasteiger partial charge in [0, 0.05) is 44.4 Å². The molecular weight excluding hydrogens is 833 g/mol. The quantitative estimate of drug-likeness (QED) is 0.131. The molecule has 12 rings (SSSR count). The van der Waals surface area contributed by atoms with Crippen molar-refractivity contribution in [3.63, 3.8) is 0 Å². The van der Waals surface area contributed by atoms with E-state index in [2.05, 4.69) is 269 Å². The Hall–Kier alpha value is -7.94. The molecule has 0 spiro atoms. The van der Waals surface area contributed by atoms with Crippen LogP contribution in [-0.4, -0.2) is 4.57 Å². The second kappa shape index (κ2) is 16.4. The molecule has 2 aliphatic carbocycles. The first-order valence-electron chi connectivity index (χ1n) is 24.6. The van der Waals surface area contributed by atoms with Gasteiger partial charge in [-0.1, -0.05) is 180 Å². The van der Waals surface area contributed by atoms with Crippen LogP contribution in [0, 0.1) is 0 Å². The van der Waals surface area contributed by atoms with Crippen LogP contribution in [0.2, 0.25) is 0 Å². The summed E-state index contributed by atoms with van der Waals surface area (Å²) in [6.45, 7) is 14.0. The number of allylic oxidation sites excluding steroid dienone is 4. The number of hydrogen-bond acceptors (Lipinski definition) is 1. The Balaban J connectivity index is 0.966. The van der Waals surface area contributed by atoms with Gasteiger partial charge in [-0.25, -0.2) is 0 Å². The number of aromatic nitrogens is 1. The number of benzene rings is 9. The van der Waals surface area contributed by atoms with Crippen molar-refractivity contribution in [3.8, 4) is 50.2 Å². The van der Waals surface area contributed by atoms with Gasteiger partial charge in [0.05, 0.1) is 11.0 Å². The lowest BCUT2D eigenvalue weighted by molar-refractivity contribution is 0.653. The fraction of sp³-hybridized carbons (Fsp3) is 0.134. The normalized spacial score (nSPS) is 14.3. The molecule has 0 unspecified atom stereocenters. The van der Waals surface area contributed by atoms with Crippen LogP contribution < -0.4 is 4.90 Å². The van der Waals surface area contributed by atoms with Crippen LogP contribution in [0.4, 0.5) is 17.1 Å². The van der Waals surface area contributed by atoms with Crippen molar-refractivity contribution in [1.82, 2.24) is 4.57 Å². The van der Waals surface area contributed by atoms with E-state index in [4.69, 9.17) is 0 Å². The average molecular weight is 889 g/mol. The van der Waals surface area contributed by atoms with Gasteiger partial charge in [-0.05, 0) is 164 Å². The summed E-state index contributed by atoms with van der Waals surface area (Å²) in [7, 11) is 0. The van der Waals surface area contributed by atoms with E-state index < -0.39 is 0 Å². The number of hydrogen-bond donors (Lipinski definition) is 0. The Morgan fingerprint density at radius 2 is 1.04 bits per heavy atom. The summed E-state index contributed by atoms with van der Waals surface area (Å²) in [5.41, 5.74) is 25.1. The van der Waals surface area contributed by atoms with Gasteiger partial charge >= 0.3 is 0 Å². The molecule has 0 fully saturated rings. The topological polar surface area (TPSA) is 8.17 Å². The predicted octanol–water partition coefficient (Wildman–Crippen LogP) is 18.6. The Bertz CT molecular complexity index is 3670. The molecular formula is C67H56N2. The maximum absolute atomic E-state index is 2.53. The zero-order chi connectivity index (χ0) is 47.0. The second-order valence-corrected chi connectivity index (χ2v) is 20.0. The van der Waals surface area contributed by atoms with Crippen LogP contribution in [0.1, 0.15) is 75.8 Å². The summed E-state index contributed by atoms with van der Waals surface area (Å²) in [4.78, 5) is 2.44. The van der Waals surface area contributed by atoms with E-state index in [1.165, 1.54) is 99.7 Å². The zero-order valence-corrected chi connectivity index (χ0v) is 40.4. The Morgan fingerprint density at radius 3 is 1.78 bits per heavy atom. The van der Waals surface area contributed by atoms with Gasteiger partial charge < -0.3 is 9.47 Å². The lowest BCUT2D eigenvalue weighted by Gasteiger charge is -2.28.